The molecular formula is C22H29N3O6. The quantitative estimate of drug-likeness (QED) is 0.517. The minimum absolute atomic E-state index is 0.0127. The number of nitrogens with one attached hydrogen (secondary N) is 2. The van der Waals surface area contributed by atoms with Crippen LogP contribution in [0.5, 0.6) is 5.75 Å². The van der Waals surface area contributed by atoms with Crippen LogP contribution >= 0.6 is 0 Å². The third-order valence-corrected chi connectivity index (χ3v) is 6.76. The molecule has 3 heterocycles. The summed E-state index contributed by atoms with van der Waals surface area (Å²) in [4.78, 5) is 41.0. The summed E-state index contributed by atoms with van der Waals surface area (Å²) < 4.78 is 11.4. The molecule has 0 saturated carbocycles. The summed E-state index contributed by atoms with van der Waals surface area (Å²) in [6, 6.07) is 6.13. The van der Waals surface area contributed by atoms with Gasteiger partial charge in [-0.15, -0.1) is 0 Å². The summed E-state index contributed by atoms with van der Waals surface area (Å²) in [5.74, 6) is -1.37. The zero-order valence-corrected chi connectivity index (χ0v) is 17.8. The van der Waals surface area contributed by atoms with Gasteiger partial charge in [0.2, 0.25) is 17.7 Å². The number of benzene rings is 1. The van der Waals surface area contributed by atoms with Gasteiger partial charge in [0, 0.05) is 25.9 Å². The van der Waals surface area contributed by atoms with Crippen molar-refractivity contribution >= 4 is 23.4 Å². The van der Waals surface area contributed by atoms with Gasteiger partial charge in [-0.2, -0.15) is 0 Å². The van der Waals surface area contributed by atoms with Crippen molar-refractivity contribution < 1.29 is 29.0 Å². The second-order valence-corrected chi connectivity index (χ2v) is 8.35. The van der Waals surface area contributed by atoms with Gasteiger partial charge in [0.15, 0.2) is 0 Å². The van der Waals surface area contributed by atoms with Gasteiger partial charge in [0.1, 0.15) is 17.4 Å². The lowest BCUT2D eigenvalue weighted by molar-refractivity contribution is -0.140. The summed E-state index contributed by atoms with van der Waals surface area (Å²) in [6.07, 6.45) is 1.92. The molecule has 3 saturated heterocycles. The minimum atomic E-state index is -1.01. The highest BCUT2D eigenvalue weighted by atomic mass is 16.5. The Kier molecular flexibility index (Phi) is 5.90. The molecule has 0 aliphatic carbocycles. The van der Waals surface area contributed by atoms with Crippen LogP contribution in [0.3, 0.4) is 0 Å². The maximum atomic E-state index is 13.5. The van der Waals surface area contributed by atoms with Gasteiger partial charge < -0.3 is 30.1 Å². The molecular weight excluding hydrogens is 402 g/mol. The number of aliphatic hydroxyl groups is 1. The number of rotatable bonds is 8. The number of hydrogen-bond donors (Lipinski definition) is 3. The number of likely N-dealkylation sites (tertiary alicyclic amines) is 1. The van der Waals surface area contributed by atoms with Crippen LogP contribution in [0.15, 0.2) is 24.3 Å². The first-order valence-corrected chi connectivity index (χ1v) is 10.7. The standard InChI is InChI=1S/C22H29N3O6/c1-23-19(27)16-15-9-10-22(31-15)17(16)21(29)25(11-3-4-12-26)18(22)20(28)24-13-5-7-14(30-2)8-6-13/h5-8,15-18,26H,3-4,9-12H2,1-2H3,(H,23,27)(H,24,28)/t15-,16+,17+,18?,22?/m1/s1. The molecule has 9 heteroatoms. The predicted molar refractivity (Wildman–Crippen MR) is 111 cm³/mol. The van der Waals surface area contributed by atoms with E-state index in [1.165, 1.54) is 0 Å². The van der Waals surface area contributed by atoms with Gasteiger partial charge >= 0.3 is 0 Å². The van der Waals surface area contributed by atoms with Crippen molar-refractivity contribution in [3.05, 3.63) is 24.3 Å². The second-order valence-electron chi connectivity index (χ2n) is 8.35. The molecule has 2 unspecified atom stereocenters. The Morgan fingerprint density at radius 1 is 1.26 bits per heavy atom. The third kappa shape index (κ3) is 3.45. The van der Waals surface area contributed by atoms with Gasteiger partial charge in [0.05, 0.1) is 25.0 Å². The molecule has 0 radical (unpaired) electrons. The first-order valence-electron chi connectivity index (χ1n) is 10.7. The SMILES string of the molecule is CNC(=O)[C@@H]1[C@H]2C(=O)N(CCCCO)C(C(=O)Nc3ccc(OC)cc3)C23CC[C@H]1O3. The van der Waals surface area contributed by atoms with Crippen LogP contribution < -0.4 is 15.4 Å². The Labute approximate surface area is 181 Å². The number of carbonyl (C=O) groups is 3. The highest BCUT2D eigenvalue weighted by molar-refractivity contribution is 6.03. The van der Waals surface area contributed by atoms with Crippen LogP contribution in [0.2, 0.25) is 0 Å². The Bertz CT molecular complexity index is 859. The molecule has 2 bridgehead atoms. The molecule has 31 heavy (non-hydrogen) atoms. The zero-order valence-electron chi connectivity index (χ0n) is 17.8. The second kappa shape index (κ2) is 8.47. The molecule has 3 amide bonds. The molecule has 1 aromatic carbocycles. The van der Waals surface area contributed by atoms with E-state index in [0.717, 1.165) is 0 Å². The Hall–Kier alpha value is -2.65. The fourth-order valence-electron chi connectivity index (χ4n) is 5.44. The number of nitrogens with zero attached hydrogens (tertiary/aromatic N) is 1. The number of hydrogen-bond acceptors (Lipinski definition) is 6. The van der Waals surface area contributed by atoms with Crippen LogP contribution in [-0.2, 0) is 19.1 Å². The highest BCUT2D eigenvalue weighted by Gasteiger charge is 2.74. The molecule has 9 nitrogen and oxygen atoms in total. The molecule has 1 aromatic rings. The lowest BCUT2D eigenvalue weighted by Gasteiger charge is -2.33. The maximum absolute atomic E-state index is 13.5. The van der Waals surface area contributed by atoms with Gasteiger partial charge in [0.25, 0.3) is 0 Å². The average Bonchev–Trinajstić information content (AvgIpc) is 3.41. The van der Waals surface area contributed by atoms with Gasteiger partial charge in [-0.3, -0.25) is 14.4 Å². The van der Waals surface area contributed by atoms with Crippen LogP contribution in [0, 0.1) is 11.8 Å². The maximum Gasteiger partial charge on any atom is 0.250 e. The predicted octanol–water partition coefficient (Wildman–Crippen LogP) is 0.527. The molecule has 3 aliphatic heterocycles. The lowest BCUT2D eigenvalue weighted by Crippen LogP contribution is -2.53. The van der Waals surface area contributed by atoms with Crippen molar-refractivity contribution in [1.29, 1.82) is 0 Å². The normalized spacial score (nSPS) is 30.9. The molecule has 3 fully saturated rings. The van der Waals surface area contributed by atoms with E-state index in [1.807, 2.05) is 0 Å². The lowest BCUT2D eigenvalue weighted by atomic mass is 9.70. The Morgan fingerprint density at radius 2 is 2.00 bits per heavy atom. The van der Waals surface area contributed by atoms with E-state index in [9.17, 15) is 14.4 Å². The number of aliphatic hydroxyl groups excluding tert-OH is 1. The molecule has 1 spiro atoms. The fraction of sp³-hybridized carbons (Fsp3) is 0.591. The number of methoxy groups -OCH3 is 1. The van der Waals surface area contributed by atoms with E-state index in [4.69, 9.17) is 14.6 Å². The van der Waals surface area contributed by atoms with Crippen LogP contribution in [0.25, 0.3) is 0 Å². The molecule has 5 atom stereocenters. The first-order chi connectivity index (χ1) is 15.0. The monoisotopic (exact) mass is 431 g/mol. The Morgan fingerprint density at radius 3 is 2.65 bits per heavy atom. The summed E-state index contributed by atoms with van der Waals surface area (Å²) in [7, 11) is 3.12. The molecule has 4 rings (SSSR count). The fourth-order valence-corrected chi connectivity index (χ4v) is 5.44. The van der Waals surface area contributed by atoms with Crippen molar-refractivity contribution in [3.63, 3.8) is 0 Å². The van der Waals surface area contributed by atoms with E-state index in [2.05, 4.69) is 10.6 Å². The first kappa shape index (κ1) is 21.6. The van der Waals surface area contributed by atoms with E-state index < -0.39 is 23.5 Å². The van der Waals surface area contributed by atoms with E-state index >= 15 is 0 Å². The molecule has 3 N–H and O–H groups in total. The largest absolute Gasteiger partial charge is 0.497 e. The number of anilines is 1. The van der Waals surface area contributed by atoms with Gasteiger partial charge in [-0.1, -0.05) is 0 Å². The molecule has 0 aromatic heterocycles. The van der Waals surface area contributed by atoms with Gasteiger partial charge in [-0.05, 0) is 49.9 Å². The van der Waals surface area contributed by atoms with E-state index in [0.29, 0.717) is 43.7 Å². The number of ether oxygens (including phenoxy) is 2. The summed E-state index contributed by atoms with van der Waals surface area (Å²) in [5.41, 5.74) is -0.418. The van der Waals surface area contributed by atoms with Crippen LogP contribution in [0.4, 0.5) is 5.69 Å². The summed E-state index contributed by atoms with van der Waals surface area (Å²) in [6.45, 7) is 0.339. The van der Waals surface area contributed by atoms with E-state index in [-0.39, 0.29) is 30.4 Å². The van der Waals surface area contributed by atoms with Crippen LogP contribution in [-0.4, -0.2) is 72.8 Å². The van der Waals surface area contributed by atoms with Gasteiger partial charge in [-0.25, -0.2) is 0 Å². The van der Waals surface area contributed by atoms with Crippen LogP contribution in [0.1, 0.15) is 25.7 Å². The summed E-state index contributed by atoms with van der Waals surface area (Å²) >= 11 is 0. The van der Waals surface area contributed by atoms with E-state index in [1.54, 1.807) is 43.3 Å². The molecule has 3 aliphatic rings. The van der Waals surface area contributed by atoms with Crippen molar-refractivity contribution in [3.8, 4) is 5.75 Å². The van der Waals surface area contributed by atoms with Crippen molar-refractivity contribution in [1.82, 2.24) is 10.2 Å². The number of fused-ring (bicyclic) bond motifs is 1. The number of amides is 3. The number of unbranched alkanes of at least 4 members (excludes halogenated alkanes) is 1. The van der Waals surface area contributed by atoms with Crippen molar-refractivity contribution in [2.24, 2.45) is 11.8 Å². The van der Waals surface area contributed by atoms with Crippen molar-refractivity contribution in [2.75, 3.05) is 32.6 Å². The van der Waals surface area contributed by atoms with Crippen molar-refractivity contribution in [2.45, 2.75) is 43.4 Å². The average molecular weight is 431 g/mol. The minimum Gasteiger partial charge on any atom is -0.497 e. The Balaban J connectivity index is 1.64. The number of carbonyl (C=O) groups excluding carboxylic acids is 3. The zero-order chi connectivity index (χ0) is 22.2. The smallest absolute Gasteiger partial charge is 0.250 e. The summed E-state index contributed by atoms with van der Waals surface area (Å²) in [5, 5.41) is 14.7. The third-order valence-electron chi connectivity index (χ3n) is 6.76. The highest BCUT2D eigenvalue weighted by Crippen LogP contribution is 2.58. The topological polar surface area (TPSA) is 117 Å². The molecule has 168 valence electrons.